The third kappa shape index (κ3) is 3.99. The number of anilines is 1. The monoisotopic (exact) mass is 257 g/mol. The summed E-state index contributed by atoms with van der Waals surface area (Å²) in [7, 11) is 0.295. The molecule has 17 heavy (non-hydrogen) atoms. The van der Waals surface area contributed by atoms with Crippen LogP contribution in [0.4, 0.5) is 5.69 Å². The molecule has 0 aliphatic rings. The molecule has 0 aliphatic heterocycles. The molecule has 0 unspecified atom stereocenters. The van der Waals surface area contributed by atoms with Gasteiger partial charge < -0.3 is 4.90 Å². The number of hydrogen-bond acceptors (Lipinski definition) is 3. The maximum absolute atomic E-state index is 11.2. The number of nitrogens with two attached hydrogens (primary N) is 1. The molecule has 0 aromatic heterocycles. The number of hydrogen-bond donors (Lipinski definition) is 1. The van der Waals surface area contributed by atoms with Gasteiger partial charge in [-0.15, -0.1) is 0 Å². The van der Waals surface area contributed by atoms with Gasteiger partial charge in [-0.3, -0.25) is 0 Å². The highest BCUT2D eigenvalue weighted by Gasteiger charge is 2.15. The first kappa shape index (κ1) is 14.0. The van der Waals surface area contributed by atoms with Crippen molar-refractivity contribution in [3.8, 4) is 0 Å². The first-order valence-corrected chi connectivity index (χ1v) is 6.89. The predicted octanol–water partition coefficient (Wildman–Crippen LogP) is 0.778. The molecule has 0 aliphatic carbocycles. The molecule has 0 heterocycles. The van der Waals surface area contributed by atoms with Crippen LogP contribution >= 0.6 is 0 Å². The second-order valence-electron chi connectivity index (χ2n) is 4.03. The van der Waals surface area contributed by atoms with E-state index in [0.29, 0.717) is 13.1 Å². The van der Waals surface area contributed by atoms with E-state index in [-0.39, 0.29) is 0 Å². The highest BCUT2D eigenvalue weighted by Crippen LogP contribution is 2.14. The van der Waals surface area contributed by atoms with Gasteiger partial charge in [0, 0.05) is 32.9 Å². The van der Waals surface area contributed by atoms with Crippen molar-refractivity contribution in [2.75, 3.05) is 25.5 Å². The van der Waals surface area contributed by atoms with Crippen LogP contribution in [0.2, 0.25) is 0 Å². The third-order valence-electron chi connectivity index (χ3n) is 2.52. The van der Waals surface area contributed by atoms with Gasteiger partial charge in [0.15, 0.2) is 0 Å². The zero-order chi connectivity index (χ0) is 13.1. The first-order chi connectivity index (χ1) is 7.84. The highest BCUT2D eigenvalue weighted by molar-refractivity contribution is 7.86. The SMILES string of the molecule is CCN(Cc1ccc(N(C)C)cc1)S(N)(=O)=O. The van der Waals surface area contributed by atoms with Crippen molar-refractivity contribution >= 4 is 15.9 Å². The first-order valence-electron chi connectivity index (χ1n) is 5.38. The summed E-state index contributed by atoms with van der Waals surface area (Å²) in [5.74, 6) is 0. The van der Waals surface area contributed by atoms with Gasteiger partial charge in [0.1, 0.15) is 0 Å². The van der Waals surface area contributed by atoms with Gasteiger partial charge in [-0.05, 0) is 17.7 Å². The fourth-order valence-corrected chi connectivity index (χ4v) is 2.17. The molecule has 0 saturated heterocycles. The Labute approximate surface area is 103 Å². The van der Waals surface area contributed by atoms with E-state index in [1.807, 2.05) is 43.3 Å². The van der Waals surface area contributed by atoms with Gasteiger partial charge in [0.2, 0.25) is 0 Å². The van der Waals surface area contributed by atoms with Gasteiger partial charge in [0.05, 0.1) is 0 Å². The van der Waals surface area contributed by atoms with E-state index < -0.39 is 10.2 Å². The van der Waals surface area contributed by atoms with Gasteiger partial charge in [-0.1, -0.05) is 19.1 Å². The van der Waals surface area contributed by atoms with Gasteiger partial charge >= 0.3 is 0 Å². The zero-order valence-electron chi connectivity index (χ0n) is 10.4. The van der Waals surface area contributed by atoms with E-state index in [1.54, 1.807) is 6.92 Å². The Hall–Kier alpha value is -1.11. The van der Waals surface area contributed by atoms with E-state index in [4.69, 9.17) is 5.14 Å². The van der Waals surface area contributed by atoms with Crippen molar-refractivity contribution in [1.29, 1.82) is 0 Å². The topological polar surface area (TPSA) is 66.6 Å². The second kappa shape index (κ2) is 5.48. The van der Waals surface area contributed by atoms with Crippen molar-refractivity contribution in [2.24, 2.45) is 5.14 Å². The zero-order valence-corrected chi connectivity index (χ0v) is 11.2. The quantitative estimate of drug-likeness (QED) is 0.847. The molecule has 5 nitrogen and oxygen atoms in total. The summed E-state index contributed by atoms with van der Waals surface area (Å²) in [6, 6.07) is 7.71. The number of rotatable bonds is 5. The van der Waals surface area contributed by atoms with E-state index in [9.17, 15) is 8.42 Å². The fraction of sp³-hybridized carbons (Fsp3) is 0.455. The fourth-order valence-electron chi connectivity index (χ4n) is 1.48. The Kier molecular flexibility index (Phi) is 4.50. The van der Waals surface area contributed by atoms with Crippen LogP contribution in [-0.4, -0.2) is 33.4 Å². The highest BCUT2D eigenvalue weighted by atomic mass is 32.2. The predicted molar refractivity (Wildman–Crippen MR) is 70.0 cm³/mol. The van der Waals surface area contributed by atoms with Crippen LogP contribution in [0.25, 0.3) is 0 Å². The Morgan fingerprint density at radius 1 is 1.18 bits per heavy atom. The van der Waals surface area contributed by atoms with Crippen molar-refractivity contribution in [1.82, 2.24) is 4.31 Å². The molecule has 6 heteroatoms. The molecule has 0 spiro atoms. The summed E-state index contributed by atoms with van der Waals surface area (Å²) >= 11 is 0. The van der Waals surface area contributed by atoms with E-state index in [1.165, 1.54) is 4.31 Å². The number of benzene rings is 1. The van der Waals surface area contributed by atoms with Crippen LogP contribution in [0, 0.1) is 0 Å². The van der Waals surface area contributed by atoms with Crippen LogP contribution in [-0.2, 0) is 16.8 Å². The number of nitrogens with zero attached hydrogens (tertiary/aromatic N) is 2. The summed E-state index contributed by atoms with van der Waals surface area (Å²) in [5.41, 5.74) is 2.00. The molecule has 1 rings (SSSR count). The van der Waals surface area contributed by atoms with Crippen LogP contribution < -0.4 is 10.0 Å². The minimum atomic E-state index is -3.62. The van der Waals surface area contributed by atoms with Crippen LogP contribution in [0.3, 0.4) is 0 Å². The molecule has 0 amide bonds. The van der Waals surface area contributed by atoms with Crippen molar-refractivity contribution in [3.05, 3.63) is 29.8 Å². The maximum atomic E-state index is 11.2. The normalized spacial score (nSPS) is 11.8. The Morgan fingerprint density at radius 2 is 1.71 bits per heavy atom. The molecule has 2 N–H and O–H groups in total. The van der Waals surface area contributed by atoms with Crippen molar-refractivity contribution < 1.29 is 8.42 Å². The summed E-state index contributed by atoms with van der Waals surface area (Å²) in [4.78, 5) is 1.99. The molecular weight excluding hydrogens is 238 g/mol. The molecule has 0 saturated carbocycles. The van der Waals surface area contributed by atoms with Gasteiger partial charge in [0.25, 0.3) is 10.2 Å². The second-order valence-corrected chi connectivity index (χ2v) is 5.58. The Bertz CT molecular complexity index is 454. The van der Waals surface area contributed by atoms with E-state index >= 15 is 0 Å². The molecule has 0 radical (unpaired) electrons. The summed E-state index contributed by atoms with van der Waals surface area (Å²) < 4.78 is 23.7. The largest absolute Gasteiger partial charge is 0.378 e. The average molecular weight is 257 g/mol. The molecular formula is C11H19N3O2S. The summed E-state index contributed by atoms with van der Waals surface area (Å²) in [5, 5.41) is 5.11. The van der Waals surface area contributed by atoms with Crippen LogP contribution in [0.5, 0.6) is 0 Å². The van der Waals surface area contributed by atoms with Gasteiger partial charge in [-0.25, -0.2) is 5.14 Å². The summed E-state index contributed by atoms with van der Waals surface area (Å²) in [6.45, 7) is 2.44. The van der Waals surface area contributed by atoms with Crippen molar-refractivity contribution in [3.63, 3.8) is 0 Å². The Balaban J connectivity index is 2.81. The van der Waals surface area contributed by atoms with Gasteiger partial charge in [-0.2, -0.15) is 12.7 Å². The smallest absolute Gasteiger partial charge is 0.277 e. The standard InChI is InChI=1S/C11H19N3O2S/c1-4-14(17(12,15)16)9-10-5-7-11(8-6-10)13(2)3/h5-8H,4,9H2,1-3H3,(H2,12,15,16). The molecule has 0 bridgehead atoms. The van der Waals surface area contributed by atoms with E-state index in [2.05, 4.69) is 0 Å². The Morgan fingerprint density at radius 3 is 2.06 bits per heavy atom. The van der Waals surface area contributed by atoms with E-state index in [0.717, 1.165) is 11.3 Å². The molecule has 0 atom stereocenters. The third-order valence-corrected chi connectivity index (χ3v) is 3.63. The lowest BCUT2D eigenvalue weighted by molar-refractivity contribution is 0.424. The van der Waals surface area contributed by atoms with Crippen LogP contribution in [0.1, 0.15) is 12.5 Å². The van der Waals surface area contributed by atoms with Crippen LogP contribution in [0.15, 0.2) is 24.3 Å². The minimum absolute atomic E-state index is 0.309. The molecule has 0 fully saturated rings. The average Bonchev–Trinajstić information content (AvgIpc) is 2.24. The van der Waals surface area contributed by atoms with Crippen molar-refractivity contribution in [2.45, 2.75) is 13.5 Å². The summed E-state index contributed by atoms with van der Waals surface area (Å²) in [6.07, 6.45) is 0. The lowest BCUT2D eigenvalue weighted by atomic mass is 10.2. The lowest BCUT2D eigenvalue weighted by Crippen LogP contribution is -2.35. The molecule has 1 aromatic rings. The molecule has 1 aromatic carbocycles. The molecule has 96 valence electrons. The minimum Gasteiger partial charge on any atom is -0.378 e. The lowest BCUT2D eigenvalue weighted by Gasteiger charge is -2.18. The maximum Gasteiger partial charge on any atom is 0.277 e.